The van der Waals surface area contributed by atoms with Crippen LogP contribution in [0.5, 0.6) is 0 Å². The molecule has 0 aromatic heterocycles. The molecule has 4 heteroatoms. The fraction of sp³-hybridized carbons (Fsp3) is 0.481. The second-order valence-corrected chi connectivity index (χ2v) is 9.60. The maximum absolute atomic E-state index is 8.91. The van der Waals surface area contributed by atoms with Crippen molar-refractivity contribution in [1.29, 1.82) is 10.8 Å². The van der Waals surface area contributed by atoms with Gasteiger partial charge in [0.2, 0.25) is 0 Å². The van der Waals surface area contributed by atoms with Crippen LogP contribution in [-0.2, 0) is 19.3 Å². The van der Waals surface area contributed by atoms with Crippen LogP contribution in [-0.4, -0.2) is 47.7 Å². The highest BCUT2D eigenvalue weighted by Crippen LogP contribution is 2.29. The van der Waals surface area contributed by atoms with Crippen molar-refractivity contribution in [3.8, 4) is 0 Å². The van der Waals surface area contributed by atoms with Gasteiger partial charge in [0.25, 0.3) is 0 Å². The number of rotatable bonds is 3. The van der Waals surface area contributed by atoms with Gasteiger partial charge in [0, 0.05) is 24.6 Å². The second-order valence-electron chi connectivity index (χ2n) is 9.60. The van der Waals surface area contributed by atoms with Crippen molar-refractivity contribution < 1.29 is 0 Å². The molecule has 0 radical (unpaired) electrons. The highest BCUT2D eigenvalue weighted by atomic mass is 15.2. The lowest BCUT2D eigenvalue weighted by Crippen LogP contribution is -2.45. The maximum atomic E-state index is 8.91. The molecule has 1 saturated heterocycles. The van der Waals surface area contributed by atoms with Gasteiger partial charge in [-0.3, -0.25) is 10.8 Å². The normalized spacial score (nSPS) is 22.5. The Balaban J connectivity index is 1.16. The second kappa shape index (κ2) is 8.96. The zero-order valence-corrected chi connectivity index (χ0v) is 18.4. The first kappa shape index (κ1) is 20.4. The minimum atomic E-state index is 0.286. The van der Waals surface area contributed by atoms with Gasteiger partial charge in [-0.1, -0.05) is 48.5 Å². The van der Waals surface area contributed by atoms with Crippen LogP contribution in [0.4, 0.5) is 0 Å². The first-order valence-electron chi connectivity index (χ1n) is 12.0. The summed E-state index contributed by atoms with van der Waals surface area (Å²) in [6.07, 6.45) is 7.87. The summed E-state index contributed by atoms with van der Waals surface area (Å²) >= 11 is 0. The number of amidine groups is 2. The summed E-state index contributed by atoms with van der Waals surface area (Å²) in [5.74, 6) is 2.25. The molecule has 0 amide bonds. The van der Waals surface area contributed by atoms with Crippen molar-refractivity contribution in [1.82, 2.24) is 9.80 Å². The van der Waals surface area contributed by atoms with Crippen molar-refractivity contribution in [2.24, 2.45) is 11.8 Å². The standard InChI is InChI=1S/C27H34N4/c28-26(31-15-5-9-22-7-3-4-10-25(22)27(31)29)23-13-16-30(17-14-23)19-20-11-12-21-6-1-2-8-24(21)18-20/h1-4,6-8,10,20,23,28-29H,5,9,11-19H2. The van der Waals surface area contributed by atoms with E-state index < -0.39 is 0 Å². The van der Waals surface area contributed by atoms with Crippen LogP contribution in [0, 0.1) is 22.7 Å². The van der Waals surface area contributed by atoms with Gasteiger partial charge in [-0.15, -0.1) is 0 Å². The van der Waals surface area contributed by atoms with E-state index in [-0.39, 0.29) is 5.92 Å². The van der Waals surface area contributed by atoms with Crippen molar-refractivity contribution in [2.45, 2.75) is 44.9 Å². The predicted molar refractivity (Wildman–Crippen MR) is 127 cm³/mol. The molecule has 1 atom stereocenters. The summed E-state index contributed by atoms with van der Waals surface area (Å²) in [5.41, 5.74) is 5.37. The molecule has 1 unspecified atom stereocenters. The Hall–Kier alpha value is -2.46. The van der Waals surface area contributed by atoms with Crippen molar-refractivity contribution in [3.63, 3.8) is 0 Å². The number of hydrogen-bond acceptors (Lipinski definition) is 3. The van der Waals surface area contributed by atoms with Crippen molar-refractivity contribution >= 4 is 11.7 Å². The molecule has 0 spiro atoms. The number of hydrogen-bond donors (Lipinski definition) is 2. The van der Waals surface area contributed by atoms with Gasteiger partial charge in [-0.05, 0) is 80.6 Å². The fourth-order valence-corrected chi connectivity index (χ4v) is 5.80. The van der Waals surface area contributed by atoms with Crippen LogP contribution in [0.1, 0.15) is 47.9 Å². The lowest BCUT2D eigenvalue weighted by atomic mass is 9.83. The summed E-state index contributed by atoms with van der Waals surface area (Å²) in [6.45, 7) is 4.17. The number of fused-ring (bicyclic) bond motifs is 2. The largest absolute Gasteiger partial charge is 0.315 e. The summed E-state index contributed by atoms with van der Waals surface area (Å²) < 4.78 is 0. The van der Waals surface area contributed by atoms with E-state index in [4.69, 9.17) is 10.8 Å². The van der Waals surface area contributed by atoms with Crippen molar-refractivity contribution in [3.05, 3.63) is 70.8 Å². The quantitative estimate of drug-likeness (QED) is 0.562. The molecule has 5 rings (SSSR count). The fourth-order valence-electron chi connectivity index (χ4n) is 5.80. The third-order valence-electron chi connectivity index (χ3n) is 7.60. The maximum Gasteiger partial charge on any atom is 0.133 e. The van der Waals surface area contributed by atoms with Crippen LogP contribution in [0.3, 0.4) is 0 Å². The topological polar surface area (TPSA) is 54.2 Å². The Kier molecular flexibility index (Phi) is 5.91. The lowest BCUT2D eigenvalue weighted by molar-refractivity contribution is 0.170. The van der Waals surface area contributed by atoms with Gasteiger partial charge in [-0.2, -0.15) is 0 Å². The van der Waals surface area contributed by atoms with Gasteiger partial charge >= 0.3 is 0 Å². The molecule has 2 aromatic carbocycles. The van der Waals surface area contributed by atoms with E-state index in [1.165, 1.54) is 31.4 Å². The van der Waals surface area contributed by atoms with E-state index in [1.54, 1.807) is 11.1 Å². The van der Waals surface area contributed by atoms with Crippen LogP contribution < -0.4 is 0 Å². The van der Waals surface area contributed by atoms with E-state index in [0.717, 1.165) is 56.8 Å². The zero-order chi connectivity index (χ0) is 21.2. The Morgan fingerprint density at radius 2 is 1.55 bits per heavy atom. The number of nitrogens with one attached hydrogen (secondary N) is 2. The SMILES string of the molecule is N=C1c2ccccc2CCCN1C(=N)C1CCN(CC2CCc3ccccc3C2)CC1. The van der Waals surface area contributed by atoms with Crippen LogP contribution in [0.25, 0.3) is 0 Å². The predicted octanol–water partition coefficient (Wildman–Crippen LogP) is 4.75. The average molecular weight is 415 g/mol. The van der Waals surface area contributed by atoms with Gasteiger partial charge in [0.05, 0.1) is 0 Å². The Morgan fingerprint density at radius 1 is 0.839 bits per heavy atom. The number of piperidine rings is 1. The van der Waals surface area contributed by atoms with Crippen molar-refractivity contribution in [2.75, 3.05) is 26.2 Å². The van der Waals surface area contributed by atoms with E-state index >= 15 is 0 Å². The van der Waals surface area contributed by atoms with Crippen LogP contribution in [0.2, 0.25) is 0 Å². The molecule has 3 aliphatic rings. The summed E-state index contributed by atoms with van der Waals surface area (Å²) in [6, 6.07) is 17.2. The molecule has 1 fully saturated rings. The first-order chi connectivity index (χ1) is 15.2. The van der Waals surface area contributed by atoms with Gasteiger partial charge < -0.3 is 9.80 Å². The molecule has 162 valence electrons. The summed E-state index contributed by atoms with van der Waals surface area (Å²) in [5, 5.41) is 17.7. The number of benzene rings is 2. The van der Waals surface area contributed by atoms with E-state index in [2.05, 4.69) is 41.3 Å². The summed E-state index contributed by atoms with van der Waals surface area (Å²) in [7, 11) is 0. The molecule has 0 saturated carbocycles. The number of nitrogens with zero attached hydrogens (tertiary/aromatic N) is 2. The Bertz CT molecular complexity index is 957. The lowest BCUT2D eigenvalue weighted by Gasteiger charge is -2.38. The molecule has 2 heterocycles. The van der Waals surface area contributed by atoms with Gasteiger partial charge in [0.15, 0.2) is 0 Å². The molecular weight excluding hydrogens is 380 g/mol. The molecule has 1 aliphatic carbocycles. The first-order valence-corrected chi connectivity index (χ1v) is 12.0. The third kappa shape index (κ3) is 4.31. The number of likely N-dealkylation sites (tertiary alicyclic amines) is 1. The Morgan fingerprint density at radius 3 is 2.35 bits per heavy atom. The van der Waals surface area contributed by atoms with Crippen LogP contribution >= 0.6 is 0 Å². The molecule has 2 aromatic rings. The monoisotopic (exact) mass is 414 g/mol. The van der Waals surface area contributed by atoms with Gasteiger partial charge in [-0.25, -0.2) is 0 Å². The third-order valence-corrected chi connectivity index (χ3v) is 7.60. The van der Waals surface area contributed by atoms with Crippen LogP contribution in [0.15, 0.2) is 48.5 Å². The molecule has 0 bridgehead atoms. The zero-order valence-electron chi connectivity index (χ0n) is 18.4. The summed E-state index contributed by atoms with van der Waals surface area (Å²) in [4.78, 5) is 4.62. The number of aryl methyl sites for hydroxylation is 2. The van der Waals surface area contributed by atoms with E-state index in [0.29, 0.717) is 11.7 Å². The van der Waals surface area contributed by atoms with E-state index in [9.17, 15) is 0 Å². The highest BCUT2D eigenvalue weighted by Gasteiger charge is 2.30. The molecule has 2 aliphatic heterocycles. The minimum Gasteiger partial charge on any atom is -0.315 e. The smallest absolute Gasteiger partial charge is 0.133 e. The molecule has 31 heavy (non-hydrogen) atoms. The minimum absolute atomic E-state index is 0.286. The Labute approximate surface area is 186 Å². The van der Waals surface area contributed by atoms with Gasteiger partial charge in [0.1, 0.15) is 11.7 Å². The molecular formula is C27H34N4. The van der Waals surface area contributed by atoms with E-state index in [1.807, 2.05) is 17.0 Å². The average Bonchev–Trinajstić information content (AvgIpc) is 2.98. The molecule has 2 N–H and O–H groups in total. The highest BCUT2D eigenvalue weighted by molar-refractivity contribution is 6.08. The molecule has 4 nitrogen and oxygen atoms in total.